The maximum Gasteiger partial charge on any atom is 0.341 e. The lowest BCUT2D eigenvalue weighted by atomic mass is 10.3. The van der Waals surface area contributed by atoms with Gasteiger partial charge in [-0.25, -0.2) is 9.78 Å². The first-order chi connectivity index (χ1) is 14.3. The minimum Gasteiger partial charge on any atom is -0.452 e. The molecule has 3 rings (SSSR count). The first kappa shape index (κ1) is 22.1. The smallest absolute Gasteiger partial charge is 0.341 e. The average molecular weight is 468 g/mol. The van der Waals surface area contributed by atoms with Crippen LogP contribution in [0.1, 0.15) is 16.8 Å². The number of nitrogens with one attached hydrogen (secondary N) is 1. The fraction of sp³-hybridized carbons (Fsp3) is 0.211. The molecule has 0 saturated carbocycles. The number of benzene rings is 1. The van der Waals surface area contributed by atoms with Crippen molar-refractivity contribution in [3.05, 3.63) is 52.1 Å². The number of nitrogens with zero attached hydrogens (tertiary/aromatic N) is 2. The van der Waals surface area contributed by atoms with E-state index in [2.05, 4.69) is 10.3 Å². The normalized spacial score (nSPS) is 16.0. The molecular formula is C19H15Cl2N3O5S. The Kier molecular flexibility index (Phi) is 6.96. The van der Waals surface area contributed by atoms with Crippen LogP contribution in [0.5, 0.6) is 0 Å². The molecular weight excluding hydrogens is 453 g/mol. The quantitative estimate of drug-likeness (QED) is 0.513. The minimum atomic E-state index is -0.789. The summed E-state index contributed by atoms with van der Waals surface area (Å²) in [6, 6.07) is 7.73. The molecule has 3 amide bonds. The Morgan fingerprint density at radius 3 is 2.73 bits per heavy atom. The first-order valence-electron chi connectivity index (χ1n) is 8.61. The molecule has 8 nitrogen and oxygen atoms in total. The minimum absolute atomic E-state index is 0.0217. The summed E-state index contributed by atoms with van der Waals surface area (Å²) in [5.41, 5.74) is 0.377. The van der Waals surface area contributed by atoms with E-state index in [-0.39, 0.29) is 44.6 Å². The Morgan fingerprint density at radius 1 is 1.27 bits per heavy atom. The van der Waals surface area contributed by atoms with Crippen molar-refractivity contribution < 1.29 is 23.9 Å². The van der Waals surface area contributed by atoms with Crippen LogP contribution in [0, 0.1) is 0 Å². The summed E-state index contributed by atoms with van der Waals surface area (Å²) >= 11 is 12.9. The highest BCUT2D eigenvalue weighted by Gasteiger charge is 2.37. The van der Waals surface area contributed by atoms with Gasteiger partial charge in [-0.3, -0.25) is 19.3 Å². The van der Waals surface area contributed by atoms with E-state index >= 15 is 0 Å². The lowest BCUT2D eigenvalue weighted by molar-refractivity contribution is -0.136. The monoisotopic (exact) mass is 467 g/mol. The lowest BCUT2D eigenvalue weighted by Gasteiger charge is -2.12. The van der Waals surface area contributed by atoms with Gasteiger partial charge in [0.05, 0.1) is 26.5 Å². The molecule has 11 heteroatoms. The van der Waals surface area contributed by atoms with Gasteiger partial charge in [0.1, 0.15) is 5.03 Å². The number of halogens is 2. The summed E-state index contributed by atoms with van der Waals surface area (Å²) in [5, 5.41) is 2.52. The largest absolute Gasteiger partial charge is 0.452 e. The summed E-state index contributed by atoms with van der Waals surface area (Å²) in [6.07, 6.45) is 1.48. The van der Waals surface area contributed by atoms with Crippen LogP contribution >= 0.6 is 35.0 Å². The van der Waals surface area contributed by atoms with Crippen LogP contribution in [0.3, 0.4) is 0 Å². The number of pyridine rings is 1. The molecule has 1 saturated heterocycles. The van der Waals surface area contributed by atoms with Crippen molar-refractivity contribution in [1.82, 2.24) is 9.88 Å². The Morgan fingerprint density at radius 2 is 2.03 bits per heavy atom. The Balaban J connectivity index is 1.63. The number of hydrogen-bond donors (Lipinski definition) is 1. The van der Waals surface area contributed by atoms with Crippen molar-refractivity contribution in [2.24, 2.45) is 0 Å². The molecule has 0 spiro atoms. The van der Waals surface area contributed by atoms with Crippen LogP contribution in [-0.2, 0) is 19.1 Å². The van der Waals surface area contributed by atoms with Crippen LogP contribution in [0.15, 0.2) is 41.6 Å². The van der Waals surface area contributed by atoms with Crippen molar-refractivity contribution in [3.63, 3.8) is 0 Å². The number of likely N-dealkylation sites (tertiary alicyclic amines) is 1. The van der Waals surface area contributed by atoms with Crippen LogP contribution in [0.4, 0.5) is 5.69 Å². The third-order valence-corrected chi connectivity index (χ3v) is 6.17. The van der Waals surface area contributed by atoms with E-state index in [0.29, 0.717) is 0 Å². The zero-order valence-electron chi connectivity index (χ0n) is 15.6. The van der Waals surface area contributed by atoms with E-state index in [1.54, 1.807) is 18.2 Å². The van der Waals surface area contributed by atoms with Gasteiger partial charge in [0, 0.05) is 19.7 Å². The maximum atomic E-state index is 12.5. The van der Waals surface area contributed by atoms with Crippen molar-refractivity contribution in [2.75, 3.05) is 19.0 Å². The molecule has 1 aromatic heterocycles. The number of rotatable bonds is 6. The number of carbonyl (C=O) groups excluding carboxylic acids is 4. The van der Waals surface area contributed by atoms with Gasteiger partial charge in [-0.1, -0.05) is 41.0 Å². The van der Waals surface area contributed by atoms with E-state index in [9.17, 15) is 19.2 Å². The SMILES string of the molecule is CN1C(=O)CC(Sc2ncccc2C(=O)OCC(=O)Nc2cccc(Cl)c2Cl)C1=O. The molecule has 1 aromatic carbocycles. The van der Waals surface area contributed by atoms with Gasteiger partial charge < -0.3 is 10.1 Å². The number of imide groups is 1. The second-order valence-electron chi connectivity index (χ2n) is 6.18. The number of anilines is 1. The Hall–Kier alpha value is -2.62. The van der Waals surface area contributed by atoms with Crippen molar-refractivity contribution >= 4 is 64.3 Å². The predicted molar refractivity (Wildman–Crippen MR) is 112 cm³/mol. The van der Waals surface area contributed by atoms with Gasteiger partial charge in [0.25, 0.3) is 5.91 Å². The number of ether oxygens (including phenoxy) is 1. The lowest BCUT2D eigenvalue weighted by Crippen LogP contribution is -2.26. The molecule has 30 heavy (non-hydrogen) atoms. The highest BCUT2D eigenvalue weighted by molar-refractivity contribution is 8.00. The number of thioether (sulfide) groups is 1. The molecule has 1 N–H and O–H groups in total. The number of hydrogen-bond acceptors (Lipinski definition) is 7. The van der Waals surface area contributed by atoms with Crippen molar-refractivity contribution in [3.8, 4) is 0 Å². The number of esters is 1. The Labute approximate surface area is 185 Å². The summed E-state index contributed by atoms with van der Waals surface area (Å²) in [7, 11) is 1.41. The second-order valence-corrected chi connectivity index (χ2v) is 8.16. The highest BCUT2D eigenvalue weighted by atomic mass is 35.5. The number of aromatic nitrogens is 1. The Bertz CT molecular complexity index is 1030. The zero-order chi connectivity index (χ0) is 21.8. The average Bonchev–Trinajstić information content (AvgIpc) is 2.96. The maximum absolute atomic E-state index is 12.5. The molecule has 1 unspecified atom stereocenters. The van der Waals surface area contributed by atoms with Gasteiger partial charge in [0.15, 0.2) is 6.61 Å². The topological polar surface area (TPSA) is 106 Å². The highest BCUT2D eigenvalue weighted by Crippen LogP contribution is 2.32. The molecule has 0 radical (unpaired) electrons. The third-order valence-electron chi connectivity index (χ3n) is 4.15. The fourth-order valence-electron chi connectivity index (χ4n) is 2.58. The van der Waals surface area contributed by atoms with Crippen LogP contribution in [0.2, 0.25) is 10.0 Å². The van der Waals surface area contributed by atoms with E-state index in [1.807, 2.05) is 0 Å². The zero-order valence-corrected chi connectivity index (χ0v) is 17.9. The van der Waals surface area contributed by atoms with E-state index in [0.717, 1.165) is 16.7 Å². The summed E-state index contributed by atoms with van der Waals surface area (Å²) in [5.74, 6) is -2.05. The van der Waals surface area contributed by atoms with E-state index < -0.39 is 23.7 Å². The third kappa shape index (κ3) is 4.92. The summed E-state index contributed by atoms with van der Waals surface area (Å²) in [6.45, 7) is -0.565. The van der Waals surface area contributed by atoms with Crippen molar-refractivity contribution in [1.29, 1.82) is 0 Å². The van der Waals surface area contributed by atoms with Gasteiger partial charge in [-0.15, -0.1) is 0 Å². The second kappa shape index (κ2) is 9.46. The van der Waals surface area contributed by atoms with Crippen LogP contribution in [0.25, 0.3) is 0 Å². The van der Waals surface area contributed by atoms with Gasteiger partial charge in [0.2, 0.25) is 11.8 Å². The van der Waals surface area contributed by atoms with Crippen LogP contribution < -0.4 is 5.32 Å². The van der Waals surface area contributed by atoms with Crippen molar-refractivity contribution in [2.45, 2.75) is 16.7 Å². The predicted octanol–water partition coefficient (Wildman–Crippen LogP) is 3.03. The fourth-order valence-corrected chi connectivity index (χ4v) is 4.09. The van der Waals surface area contributed by atoms with Gasteiger partial charge in [-0.05, 0) is 24.3 Å². The molecule has 1 aliphatic heterocycles. The van der Waals surface area contributed by atoms with Crippen LogP contribution in [-0.4, -0.2) is 52.5 Å². The summed E-state index contributed by atoms with van der Waals surface area (Å²) < 4.78 is 5.06. The first-order valence-corrected chi connectivity index (χ1v) is 10.2. The molecule has 0 aliphatic carbocycles. The molecule has 1 aliphatic rings. The molecule has 1 atom stereocenters. The molecule has 2 aromatic rings. The van der Waals surface area contributed by atoms with E-state index in [1.165, 1.54) is 25.4 Å². The van der Waals surface area contributed by atoms with E-state index in [4.69, 9.17) is 27.9 Å². The van der Waals surface area contributed by atoms with Gasteiger partial charge in [-0.2, -0.15) is 0 Å². The number of carbonyl (C=O) groups is 4. The van der Waals surface area contributed by atoms with Gasteiger partial charge >= 0.3 is 5.97 Å². The standard InChI is InChI=1S/C19H15Cl2N3O5S/c1-24-15(26)8-13(18(24)27)30-17-10(4-3-7-22-17)19(28)29-9-14(25)23-12-6-2-5-11(20)16(12)21/h2-7,13H,8-9H2,1H3,(H,23,25). The number of amides is 3. The molecule has 0 bridgehead atoms. The molecule has 1 fully saturated rings. The molecule has 2 heterocycles. The summed E-state index contributed by atoms with van der Waals surface area (Å²) in [4.78, 5) is 53.5. The molecule has 156 valence electrons.